The minimum atomic E-state index is -0.585. The normalized spacial score (nSPS) is 15.9. The summed E-state index contributed by atoms with van der Waals surface area (Å²) in [7, 11) is 0. The number of nitrogens with zero attached hydrogens (tertiary/aromatic N) is 2. The summed E-state index contributed by atoms with van der Waals surface area (Å²) in [5.41, 5.74) is 7.15. The molecule has 144 valence electrons. The Labute approximate surface area is 157 Å². The van der Waals surface area contributed by atoms with Crippen molar-refractivity contribution in [1.82, 2.24) is 9.97 Å². The maximum atomic E-state index is 11.6. The van der Waals surface area contributed by atoms with E-state index in [-0.39, 0.29) is 12.2 Å². The minimum absolute atomic E-state index is 0.243. The van der Waals surface area contributed by atoms with E-state index in [0.29, 0.717) is 36.5 Å². The Kier molecular flexibility index (Phi) is 5.60. The zero-order valence-corrected chi connectivity index (χ0v) is 15.3. The number of ether oxygens (including phenoxy) is 1. The number of primary amides is 1. The van der Waals surface area contributed by atoms with Gasteiger partial charge in [-0.05, 0) is 24.1 Å². The molecule has 0 saturated carbocycles. The molecule has 1 atom stereocenters. The van der Waals surface area contributed by atoms with Crippen molar-refractivity contribution < 1.29 is 14.6 Å². The van der Waals surface area contributed by atoms with E-state index in [4.69, 9.17) is 10.5 Å². The molecule has 0 radical (unpaired) electrons. The van der Waals surface area contributed by atoms with E-state index in [1.807, 2.05) is 12.1 Å². The molecule has 2 aromatic rings. The maximum Gasteiger partial charge on any atom is 0.254 e. The van der Waals surface area contributed by atoms with Crippen LogP contribution in [0, 0.1) is 5.92 Å². The fourth-order valence-electron chi connectivity index (χ4n) is 2.53. The van der Waals surface area contributed by atoms with Gasteiger partial charge in [-0.2, -0.15) is 4.98 Å². The van der Waals surface area contributed by atoms with Crippen molar-refractivity contribution in [2.45, 2.75) is 20.0 Å². The van der Waals surface area contributed by atoms with E-state index < -0.39 is 12.0 Å². The number of β-amino-alcohol motifs (C(OH)–C–C–N with tert-alkyl or cyclic N) is 1. The van der Waals surface area contributed by atoms with Gasteiger partial charge in [0, 0.05) is 25.0 Å². The predicted molar refractivity (Wildman–Crippen MR) is 104 cm³/mol. The number of anilines is 4. The van der Waals surface area contributed by atoms with Crippen molar-refractivity contribution in [1.29, 1.82) is 0 Å². The predicted octanol–water partition coefficient (Wildman–Crippen LogP) is 1.55. The SMILES string of the molecule is CC(C)CNc1nc(Nc2ccc3c(c2)NC[C@H](O)CO3)ncc1C(N)=O. The Morgan fingerprint density at radius 2 is 2.30 bits per heavy atom. The highest BCUT2D eigenvalue weighted by Crippen LogP contribution is 2.30. The van der Waals surface area contributed by atoms with Crippen LogP contribution < -0.4 is 26.4 Å². The molecule has 0 aliphatic carbocycles. The van der Waals surface area contributed by atoms with Gasteiger partial charge >= 0.3 is 0 Å². The molecule has 9 heteroatoms. The average Bonchev–Trinajstić information content (AvgIpc) is 2.81. The molecule has 1 aromatic carbocycles. The molecule has 1 aromatic heterocycles. The number of nitrogens with one attached hydrogen (secondary N) is 3. The van der Waals surface area contributed by atoms with Crippen LogP contribution in [-0.4, -0.2) is 46.8 Å². The Morgan fingerprint density at radius 3 is 3.04 bits per heavy atom. The second kappa shape index (κ2) is 8.09. The van der Waals surface area contributed by atoms with Crippen molar-refractivity contribution in [3.8, 4) is 5.75 Å². The molecule has 0 spiro atoms. The zero-order valence-electron chi connectivity index (χ0n) is 15.3. The number of hydrogen-bond acceptors (Lipinski definition) is 8. The van der Waals surface area contributed by atoms with Crippen LogP contribution in [0.2, 0.25) is 0 Å². The Morgan fingerprint density at radius 1 is 1.48 bits per heavy atom. The van der Waals surface area contributed by atoms with Gasteiger partial charge < -0.3 is 31.5 Å². The summed E-state index contributed by atoms with van der Waals surface area (Å²) in [6.45, 7) is 5.41. The van der Waals surface area contributed by atoms with Gasteiger partial charge in [0.25, 0.3) is 5.91 Å². The van der Waals surface area contributed by atoms with Gasteiger partial charge in [0.15, 0.2) is 0 Å². The summed E-state index contributed by atoms with van der Waals surface area (Å²) in [6.07, 6.45) is 0.842. The van der Waals surface area contributed by atoms with Gasteiger partial charge in [0.05, 0.1) is 11.3 Å². The first-order valence-electron chi connectivity index (χ1n) is 8.79. The number of hydrogen-bond donors (Lipinski definition) is 5. The highest BCUT2D eigenvalue weighted by atomic mass is 16.5. The fraction of sp³-hybridized carbons (Fsp3) is 0.389. The van der Waals surface area contributed by atoms with Crippen molar-refractivity contribution in [2.75, 3.05) is 35.6 Å². The van der Waals surface area contributed by atoms with E-state index in [1.165, 1.54) is 6.20 Å². The molecule has 1 amide bonds. The summed E-state index contributed by atoms with van der Waals surface area (Å²) in [4.78, 5) is 20.1. The first-order chi connectivity index (χ1) is 12.9. The zero-order chi connectivity index (χ0) is 19.4. The van der Waals surface area contributed by atoms with Crippen LogP contribution in [-0.2, 0) is 0 Å². The summed E-state index contributed by atoms with van der Waals surface area (Å²) < 4.78 is 5.55. The summed E-state index contributed by atoms with van der Waals surface area (Å²) in [6, 6.07) is 5.48. The standard InChI is InChI=1S/C18H24N6O3/c1-10(2)6-21-17-13(16(19)26)8-22-18(24-17)23-11-3-4-15-14(5-11)20-7-12(25)9-27-15/h3-5,8,10,12,20,25H,6-7,9H2,1-2H3,(H2,19,26)(H2,21,22,23,24)/t12-/m0/s1. The number of amides is 1. The molecule has 27 heavy (non-hydrogen) atoms. The molecular weight excluding hydrogens is 348 g/mol. The number of nitrogens with two attached hydrogens (primary N) is 1. The van der Waals surface area contributed by atoms with Crippen LogP contribution in [0.15, 0.2) is 24.4 Å². The van der Waals surface area contributed by atoms with E-state index in [2.05, 4.69) is 39.8 Å². The molecule has 0 fully saturated rings. The van der Waals surface area contributed by atoms with E-state index in [1.54, 1.807) is 6.07 Å². The topological polar surface area (TPSA) is 134 Å². The number of carbonyl (C=O) groups is 1. The third-order valence-corrected chi connectivity index (χ3v) is 3.93. The monoisotopic (exact) mass is 372 g/mol. The number of aliphatic hydroxyl groups excluding tert-OH is 1. The largest absolute Gasteiger partial charge is 0.489 e. The molecule has 1 aliphatic rings. The molecule has 0 saturated heterocycles. The van der Waals surface area contributed by atoms with Crippen LogP contribution >= 0.6 is 0 Å². The Hall–Kier alpha value is -3.07. The lowest BCUT2D eigenvalue weighted by atomic mass is 10.2. The summed E-state index contributed by atoms with van der Waals surface area (Å²) in [5, 5.41) is 19.1. The van der Waals surface area contributed by atoms with Crippen LogP contribution in [0.1, 0.15) is 24.2 Å². The molecule has 0 bridgehead atoms. The van der Waals surface area contributed by atoms with E-state index in [0.717, 1.165) is 11.4 Å². The second-order valence-corrected chi connectivity index (χ2v) is 6.78. The first-order valence-corrected chi connectivity index (χ1v) is 8.79. The highest BCUT2D eigenvalue weighted by molar-refractivity contribution is 5.97. The van der Waals surface area contributed by atoms with Crippen molar-refractivity contribution in [3.05, 3.63) is 30.0 Å². The molecule has 1 aliphatic heterocycles. The van der Waals surface area contributed by atoms with Gasteiger partial charge in [0.1, 0.15) is 24.3 Å². The molecular formula is C18H24N6O3. The van der Waals surface area contributed by atoms with E-state index in [9.17, 15) is 9.90 Å². The maximum absolute atomic E-state index is 11.6. The summed E-state index contributed by atoms with van der Waals surface area (Å²) in [5.74, 6) is 1.19. The van der Waals surface area contributed by atoms with Crippen molar-refractivity contribution in [3.63, 3.8) is 0 Å². The molecule has 9 nitrogen and oxygen atoms in total. The van der Waals surface area contributed by atoms with Crippen LogP contribution in [0.3, 0.4) is 0 Å². The second-order valence-electron chi connectivity index (χ2n) is 6.78. The fourth-order valence-corrected chi connectivity index (χ4v) is 2.53. The van der Waals surface area contributed by atoms with Crippen molar-refractivity contribution >= 4 is 29.0 Å². The highest BCUT2D eigenvalue weighted by Gasteiger charge is 2.16. The van der Waals surface area contributed by atoms with Gasteiger partial charge in [-0.3, -0.25) is 4.79 Å². The Balaban J connectivity index is 1.81. The molecule has 3 rings (SSSR count). The summed E-state index contributed by atoms with van der Waals surface area (Å²) >= 11 is 0. The minimum Gasteiger partial charge on any atom is -0.489 e. The number of aromatic nitrogens is 2. The van der Waals surface area contributed by atoms with Gasteiger partial charge in [0.2, 0.25) is 5.95 Å². The van der Waals surface area contributed by atoms with Crippen LogP contribution in [0.5, 0.6) is 5.75 Å². The smallest absolute Gasteiger partial charge is 0.254 e. The van der Waals surface area contributed by atoms with Gasteiger partial charge in [-0.25, -0.2) is 4.98 Å². The van der Waals surface area contributed by atoms with E-state index >= 15 is 0 Å². The number of fused-ring (bicyclic) bond motifs is 1. The molecule has 6 N–H and O–H groups in total. The lowest BCUT2D eigenvalue weighted by Crippen LogP contribution is -2.23. The number of benzene rings is 1. The number of rotatable bonds is 6. The lowest BCUT2D eigenvalue weighted by Gasteiger charge is -2.14. The molecule has 2 heterocycles. The van der Waals surface area contributed by atoms with Crippen LogP contribution in [0.25, 0.3) is 0 Å². The van der Waals surface area contributed by atoms with Crippen molar-refractivity contribution in [2.24, 2.45) is 11.7 Å². The quantitative estimate of drug-likeness (QED) is 0.516. The third-order valence-electron chi connectivity index (χ3n) is 3.93. The average molecular weight is 372 g/mol. The van der Waals surface area contributed by atoms with Gasteiger partial charge in [-0.1, -0.05) is 13.8 Å². The number of aliphatic hydroxyl groups is 1. The number of carbonyl (C=O) groups excluding carboxylic acids is 1. The third kappa shape index (κ3) is 4.76. The van der Waals surface area contributed by atoms with Crippen LogP contribution in [0.4, 0.5) is 23.1 Å². The lowest BCUT2D eigenvalue weighted by molar-refractivity contribution is 0.100. The first kappa shape index (κ1) is 18.7. The Bertz CT molecular complexity index is 827. The molecule has 0 unspecified atom stereocenters. The van der Waals surface area contributed by atoms with Gasteiger partial charge in [-0.15, -0.1) is 0 Å².